The number of H-pyrrole nitrogens is 1. The molecule has 1 fully saturated rings. The number of methoxy groups -OCH3 is 1. The summed E-state index contributed by atoms with van der Waals surface area (Å²) >= 11 is 0. The van der Waals surface area contributed by atoms with Crippen LogP contribution in [0.1, 0.15) is 25.3 Å². The van der Waals surface area contributed by atoms with Crippen molar-refractivity contribution in [3.8, 4) is 0 Å². The van der Waals surface area contributed by atoms with Gasteiger partial charge >= 0.3 is 5.69 Å². The van der Waals surface area contributed by atoms with Crippen molar-refractivity contribution >= 4 is 5.82 Å². The van der Waals surface area contributed by atoms with Gasteiger partial charge in [-0.3, -0.25) is 19.2 Å². The van der Waals surface area contributed by atoms with Crippen molar-refractivity contribution in [2.24, 2.45) is 5.92 Å². The van der Waals surface area contributed by atoms with Crippen molar-refractivity contribution in [1.82, 2.24) is 14.5 Å². The number of anilines is 1. The van der Waals surface area contributed by atoms with Crippen molar-refractivity contribution < 1.29 is 4.74 Å². The van der Waals surface area contributed by atoms with Crippen LogP contribution >= 0.6 is 0 Å². The summed E-state index contributed by atoms with van der Waals surface area (Å²) in [5, 5.41) is 0. The Hall–Kier alpha value is -1.60. The molecule has 0 aromatic carbocycles. The third-order valence-electron chi connectivity index (χ3n) is 4.12. The van der Waals surface area contributed by atoms with E-state index in [1.165, 1.54) is 4.57 Å². The molecule has 7 heteroatoms. The molecule has 3 N–H and O–H groups in total. The maximum atomic E-state index is 12.0. The zero-order chi connectivity index (χ0) is 15.4. The Balaban J connectivity index is 2.22. The molecule has 0 bridgehead atoms. The zero-order valence-electron chi connectivity index (χ0n) is 12.7. The van der Waals surface area contributed by atoms with Gasteiger partial charge in [0.2, 0.25) is 0 Å². The number of hydrogen-bond acceptors (Lipinski definition) is 5. The third kappa shape index (κ3) is 3.74. The van der Waals surface area contributed by atoms with Crippen LogP contribution in [0.4, 0.5) is 5.82 Å². The molecule has 0 unspecified atom stereocenters. The fraction of sp³-hybridized carbons (Fsp3) is 0.714. The van der Waals surface area contributed by atoms with E-state index in [-0.39, 0.29) is 11.4 Å². The summed E-state index contributed by atoms with van der Waals surface area (Å²) < 4.78 is 6.34. The molecule has 1 aromatic rings. The highest BCUT2D eigenvalue weighted by Gasteiger charge is 2.19. The van der Waals surface area contributed by atoms with E-state index < -0.39 is 5.69 Å². The molecule has 2 rings (SSSR count). The maximum absolute atomic E-state index is 12.0. The lowest BCUT2D eigenvalue weighted by atomic mass is 9.99. The minimum Gasteiger partial charge on any atom is -0.385 e. The van der Waals surface area contributed by atoms with Crippen LogP contribution in [0, 0.1) is 5.92 Å². The van der Waals surface area contributed by atoms with E-state index >= 15 is 0 Å². The predicted molar refractivity (Wildman–Crippen MR) is 81.3 cm³/mol. The van der Waals surface area contributed by atoms with Crippen molar-refractivity contribution in [2.75, 3.05) is 32.5 Å². The average molecular weight is 296 g/mol. The predicted octanol–water partition coefficient (Wildman–Crippen LogP) is -0.00290. The first kappa shape index (κ1) is 15.8. The molecule has 2 heterocycles. The molecule has 1 aliphatic heterocycles. The molecule has 0 spiro atoms. The fourth-order valence-electron chi connectivity index (χ4n) is 2.63. The Kier molecular flexibility index (Phi) is 5.19. The Morgan fingerprint density at radius 1 is 1.33 bits per heavy atom. The van der Waals surface area contributed by atoms with Gasteiger partial charge in [-0.25, -0.2) is 4.79 Å². The Morgan fingerprint density at radius 2 is 2.00 bits per heavy atom. The summed E-state index contributed by atoms with van der Waals surface area (Å²) in [6.45, 7) is 5.35. The lowest BCUT2D eigenvalue weighted by molar-refractivity contribution is 0.181. The summed E-state index contributed by atoms with van der Waals surface area (Å²) in [4.78, 5) is 28.4. The number of nitrogens with zero attached hydrogens (tertiary/aromatic N) is 2. The largest absolute Gasteiger partial charge is 0.385 e. The SMILES string of the molecule is COCCn1c(N)c(CN2CCC(C)CC2)c(=O)[nH]c1=O. The standard InChI is InChI=1S/C14H24N4O3/c1-10-3-5-17(6-4-10)9-11-12(15)18(7-8-21-2)14(20)16-13(11)19/h10H,3-9,15H2,1-2H3,(H,16,19,20). The second-order valence-corrected chi connectivity index (χ2v) is 5.73. The van der Waals surface area contributed by atoms with Gasteiger partial charge in [-0.05, 0) is 31.8 Å². The van der Waals surface area contributed by atoms with Gasteiger partial charge in [0.05, 0.1) is 18.7 Å². The average Bonchev–Trinajstić information content (AvgIpc) is 2.45. The lowest BCUT2D eigenvalue weighted by Crippen LogP contribution is -2.39. The summed E-state index contributed by atoms with van der Waals surface area (Å²) in [6, 6.07) is 0. The summed E-state index contributed by atoms with van der Waals surface area (Å²) in [6.07, 6.45) is 2.25. The van der Waals surface area contributed by atoms with Gasteiger partial charge in [-0.2, -0.15) is 0 Å². The van der Waals surface area contributed by atoms with Crippen LogP contribution in [0.15, 0.2) is 9.59 Å². The van der Waals surface area contributed by atoms with Crippen LogP contribution < -0.4 is 17.0 Å². The third-order valence-corrected chi connectivity index (χ3v) is 4.12. The van der Waals surface area contributed by atoms with Crippen molar-refractivity contribution in [3.05, 3.63) is 26.4 Å². The normalized spacial score (nSPS) is 17.2. The number of rotatable bonds is 5. The van der Waals surface area contributed by atoms with Gasteiger partial charge in [-0.1, -0.05) is 6.92 Å². The lowest BCUT2D eigenvalue weighted by Gasteiger charge is -2.30. The number of aromatic amines is 1. The fourth-order valence-corrected chi connectivity index (χ4v) is 2.63. The van der Waals surface area contributed by atoms with Crippen LogP contribution in [0.25, 0.3) is 0 Å². The van der Waals surface area contributed by atoms with Gasteiger partial charge in [0.1, 0.15) is 5.82 Å². The first-order chi connectivity index (χ1) is 10.0. The number of nitrogens with one attached hydrogen (secondary N) is 1. The quantitative estimate of drug-likeness (QED) is 0.797. The highest BCUT2D eigenvalue weighted by atomic mass is 16.5. The number of hydrogen-bond donors (Lipinski definition) is 2. The molecule has 1 saturated heterocycles. The molecule has 7 nitrogen and oxygen atoms in total. The number of piperidine rings is 1. The monoisotopic (exact) mass is 296 g/mol. The van der Waals surface area contributed by atoms with Gasteiger partial charge < -0.3 is 10.5 Å². The molecule has 118 valence electrons. The van der Waals surface area contributed by atoms with Crippen molar-refractivity contribution in [3.63, 3.8) is 0 Å². The number of ether oxygens (including phenoxy) is 1. The highest BCUT2D eigenvalue weighted by molar-refractivity contribution is 5.38. The minimum absolute atomic E-state index is 0.249. The topological polar surface area (TPSA) is 93.3 Å². The number of likely N-dealkylation sites (tertiary alicyclic amines) is 1. The maximum Gasteiger partial charge on any atom is 0.329 e. The number of nitrogen functional groups attached to an aromatic ring is 1. The Labute approximate surface area is 123 Å². The van der Waals surface area contributed by atoms with E-state index in [2.05, 4.69) is 16.8 Å². The van der Waals surface area contributed by atoms with E-state index in [1.54, 1.807) is 7.11 Å². The van der Waals surface area contributed by atoms with E-state index in [0.29, 0.717) is 25.3 Å². The molecule has 1 aromatic heterocycles. The molecule has 21 heavy (non-hydrogen) atoms. The Bertz CT molecular complexity index is 585. The zero-order valence-corrected chi connectivity index (χ0v) is 12.7. The van der Waals surface area contributed by atoms with Crippen molar-refractivity contribution in [1.29, 1.82) is 0 Å². The molecule has 0 aliphatic carbocycles. The summed E-state index contributed by atoms with van der Waals surface area (Å²) in [5.41, 5.74) is 5.64. The van der Waals surface area contributed by atoms with Crippen LogP contribution in [-0.4, -0.2) is 41.3 Å². The smallest absolute Gasteiger partial charge is 0.329 e. The highest BCUT2D eigenvalue weighted by Crippen LogP contribution is 2.18. The summed E-state index contributed by atoms with van der Waals surface area (Å²) in [5.74, 6) is 0.979. The van der Waals surface area contributed by atoms with Gasteiger partial charge in [0.25, 0.3) is 5.56 Å². The van der Waals surface area contributed by atoms with Crippen molar-refractivity contribution in [2.45, 2.75) is 32.9 Å². The molecule has 0 radical (unpaired) electrons. The Morgan fingerprint density at radius 3 is 2.62 bits per heavy atom. The first-order valence-electron chi connectivity index (χ1n) is 7.35. The second-order valence-electron chi connectivity index (χ2n) is 5.73. The molecule has 1 aliphatic rings. The molecular formula is C14H24N4O3. The minimum atomic E-state index is -0.481. The van der Waals surface area contributed by atoms with E-state index in [9.17, 15) is 9.59 Å². The van der Waals surface area contributed by atoms with Gasteiger partial charge in [-0.15, -0.1) is 0 Å². The van der Waals surface area contributed by atoms with Crippen LogP contribution in [0.2, 0.25) is 0 Å². The number of nitrogens with two attached hydrogens (primary N) is 1. The van der Waals surface area contributed by atoms with E-state index in [4.69, 9.17) is 10.5 Å². The second kappa shape index (κ2) is 6.91. The van der Waals surface area contributed by atoms with Gasteiger partial charge in [0, 0.05) is 13.7 Å². The van der Waals surface area contributed by atoms with E-state index in [0.717, 1.165) is 31.8 Å². The van der Waals surface area contributed by atoms with Crippen LogP contribution in [-0.2, 0) is 17.8 Å². The van der Waals surface area contributed by atoms with E-state index in [1.807, 2.05) is 0 Å². The van der Waals surface area contributed by atoms with Crippen LogP contribution in [0.3, 0.4) is 0 Å². The van der Waals surface area contributed by atoms with Gasteiger partial charge in [0.15, 0.2) is 0 Å². The molecule has 0 atom stereocenters. The number of aromatic nitrogens is 2. The molecule has 0 amide bonds. The first-order valence-corrected chi connectivity index (χ1v) is 7.35. The molecular weight excluding hydrogens is 272 g/mol. The van der Waals surface area contributed by atoms with Crippen LogP contribution in [0.5, 0.6) is 0 Å². The molecule has 0 saturated carbocycles. The summed E-state index contributed by atoms with van der Waals surface area (Å²) in [7, 11) is 1.56.